The fourth-order valence-corrected chi connectivity index (χ4v) is 7.83. The number of imide groups is 4. The van der Waals surface area contributed by atoms with Crippen LogP contribution in [0.1, 0.15) is 136 Å². The normalized spacial score (nSPS) is 15.5. The van der Waals surface area contributed by atoms with Crippen LogP contribution < -0.4 is 0 Å². The number of aliphatic carboxylic acids is 4. The second-order valence-electron chi connectivity index (χ2n) is 15.2. The van der Waals surface area contributed by atoms with Crippen LogP contribution in [0.5, 0.6) is 0 Å². The van der Waals surface area contributed by atoms with Crippen LogP contribution in [-0.2, 0) is 58.1 Å². The van der Waals surface area contributed by atoms with E-state index in [-0.39, 0.29) is 109 Å². The maximum Gasteiger partial charge on any atom is 0.326 e. The number of hydrogen-bond acceptors (Lipinski definition) is 12. The predicted molar refractivity (Wildman–Crippen MR) is 235 cm³/mol. The molecule has 0 aliphatic carbocycles. The summed E-state index contributed by atoms with van der Waals surface area (Å²) in [5, 5.41) is 36.0. The smallest absolute Gasteiger partial charge is 0.326 e. The van der Waals surface area contributed by atoms with Gasteiger partial charge in [0.15, 0.2) is 0 Å². The van der Waals surface area contributed by atoms with Crippen molar-refractivity contribution in [1.29, 1.82) is 0 Å². The van der Waals surface area contributed by atoms with E-state index in [0.29, 0.717) is 0 Å². The third-order valence-corrected chi connectivity index (χ3v) is 11.2. The van der Waals surface area contributed by atoms with Crippen molar-refractivity contribution in [3.8, 4) is 0 Å². The molecule has 1 unspecified atom stereocenters. The van der Waals surface area contributed by atoms with E-state index in [1.807, 2.05) is 0 Å². The zero-order valence-corrected chi connectivity index (χ0v) is 40.8. The minimum atomic E-state index is -1.16. The number of nitrogens with zero attached hydrogens (tertiary/aromatic N) is 4. The molecular formula is C48H44N4O16Rh2. The van der Waals surface area contributed by atoms with Crippen LogP contribution in [0.3, 0.4) is 0 Å². The maximum atomic E-state index is 12.0. The fourth-order valence-electron chi connectivity index (χ4n) is 7.83. The van der Waals surface area contributed by atoms with Gasteiger partial charge in [-0.1, -0.05) is 76.2 Å². The van der Waals surface area contributed by atoms with Crippen molar-refractivity contribution in [2.75, 3.05) is 0 Å². The van der Waals surface area contributed by atoms with Gasteiger partial charge in [-0.2, -0.15) is 0 Å². The summed E-state index contributed by atoms with van der Waals surface area (Å²) < 4.78 is 0. The molecule has 370 valence electrons. The summed E-state index contributed by atoms with van der Waals surface area (Å²) in [5.74, 6) is -8.88. The van der Waals surface area contributed by atoms with Crippen molar-refractivity contribution in [3.63, 3.8) is 0 Å². The summed E-state index contributed by atoms with van der Waals surface area (Å²) in [6.45, 7) is 6.51. The molecule has 2 radical (unpaired) electrons. The van der Waals surface area contributed by atoms with Crippen molar-refractivity contribution in [2.45, 2.75) is 77.5 Å². The number of amides is 8. The molecule has 0 bridgehead atoms. The molecule has 4 atom stereocenters. The summed E-state index contributed by atoms with van der Waals surface area (Å²) in [4.78, 5) is 143. The van der Waals surface area contributed by atoms with E-state index in [1.54, 1.807) is 76.2 Å². The number of benzene rings is 4. The quantitative estimate of drug-likeness (QED) is 0.112. The minimum Gasteiger partial charge on any atom is -0.480 e. The van der Waals surface area contributed by atoms with Crippen LogP contribution in [-0.4, -0.2) is 135 Å². The van der Waals surface area contributed by atoms with Crippen LogP contribution in [0, 0.1) is 0 Å². The molecule has 20 nitrogen and oxygen atoms in total. The summed E-state index contributed by atoms with van der Waals surface area (Å²) in [7, 11) is 0. The first-order valence-corrected chi connectivity index (χ1v) is 21.1. The van der Waals surface area contributed by atoms with Gasteiger partial charge in [0.2, 0.25) is 0 Å². The fraction of sp³-hybridized carbons (Fsp3) is 0.250. The monoisotopic (exact) mass is 1140 g/mol. The Morgan fingerprint density at radius 2 is 0.429 bits per heavy atom. The van der Waals surface area contributed by atoms with Gasteiger partial charge in [0.25, 0.3) is 47.3 Å². The van der Waals surface area contributed by atoms with Gasteiger partial charge in [-0.3, -0.25) is 58.0 Å². The van der Waals surface area contributed by atoms with E-state index in [4.69, 9.17) is 20.4 Å². The Kier molecular flexibility index (Phi) is 19.7. The van der Waals surface area contributed by atoms with Gasteiger partial charge >= 0.3 is 23.9 Å². The molecule has 4 aromatic carbocycles. The SMILES string of the molecule is CCC(C(=O)O)N1C(=O)c2ccccc2C1=O.CC[C@@H](C(=O)O)N1C(=O)c2ccccc2C1=O.CC[C@@H](C(=O)O)N1C(=O)c2ccccc2C1=O.CC[C@@H](C(=O)O)N1C(=O)c2ccccc2C1=O.[Rh].[Rh]. The van der Waals surface area contributed by atoms with Crippen LogP contribution >= 0.6 is 0 Å². The van der Waals surface area contributed by atoms with Crippen LogP contribution in [0.4, 0.5) is 0 Å². The van der Waals surface area contributed by atoms with Crippen LogP contribution in [0.2, 0.25) is 0 Å². The number of carbonyl (C=O) groups is 12. The van der Waals surface area contributed by atoms with Crippen molar-refractivity contribution in [1.82, 2.24) is 19.6 Å². The molecule has 0 saturated carbocycles. The molecule has 70 heavy (non-hydrogen) atoms. The molecule has 4 N–H and O–H groups in total. The van der Waals surface area contributed by atoms with Gasteiger partial charge in [0.1, 0.15) is 24.2 Å². The number of carboxylic acid groups (broad SMARTS) is 4. The summed E-state index contributed by atoms with van der Waals surface area (Å²) in [5.41, 5.74) is 2.20. The molecule has 8 rings (SSSR count). The number of carbonyl (C=O) groups excluding carboxylic acids is 8. The van der Waals surface area contributed by atoms with E-state index in [0.717, 1.165) is 19.6 Å². The van der Waals surface area contributed by atoms with Gasteiger partial charge < -0.3 is 20.4 Å². The Bertz CT molecular complexity index is 2280. The average Bonchev–Trinajstić information content (AvgIpc) is 3.92. The molecule has 22 heteroatoms. The average molecular weight is 1140 g/mol. The molecule has 0 spiro atoms. The second-order valence-corrected chi connectivity index (χ2v) is 15.2. The molecular weight excluding hydrogens is 1090 g/mol. The van der Waals surface area contributed by atoms with E-state index in [1.165, 1.54) is 48.5 Å². The summed E-state index contributed by atoms with van der Waals surface area (Å²) in [6, 6.07) is 21.1. The Morgan fingerprint density at radius 1 is 0.314 bits per heavy atom. The van der Waals surface area contributed by atoms with E-state index < -0.39 is 95.3 Å². The van der Waals surface area contributed by atoms with Gasteiger partial charge in [-0.15, -0.1) is 0 Å². The largest absolute Gasteiger partial charge is 0.480 e. The summed E-state index contributed by atoms with van der Waals surface area (Å²) in [6.07, 6.45) is 0.781. The molecule has 4 aromatic rings. The van der Waals surface area contributed by atoms with Gasteiger partial charge in [-0.05, 0) is 74.2 Å². The zero-order valence-electron chi connectivity index (χ0n) is 37.5. The third kappa shape index (κ3) is 10.9. The first-order valence-electron chi connectivity index (χ1n) is 21.1. The van der Waals surface area contributed by atoms with Gasteiger partial charge in [-0.25, -0.2) is 19.2 Å². The van der Waals surface area contributed by atoms with Crippen LogP contribution in [0.25, 0.3) is 0 Å². The number of carboxylic acids is 4. The molecule has 4 aliphatic rings. The maximum absolute atomic E-state index is 12.0. The van der Waals surface area contributed by atoms with E-state index >= 15 is 0 Å². The Morgan fingerprint density at radius 3 is 0.514 bits per heavy atom. The number of fused-ring (bicyclic) bond motifs is 4. The Hall–Kier alpha value is -7.43. The molecule has 4 aliphatic heterocycles. The van der Waals surface area contributed by atoms with E-state index in [9.17, 15) is 57.5 Å². The predicted octanol–water partition coefficient (Wildman–Crippen LogP) is 4.58. The Labute approximate surface area is 424 Å². The van der Waals surface area contributed by atoms with Gasteiger partial charge in [0.05, 0.1) is 44.5 Å². The van der Waals surface area contributed by atoms with Crippen molar-refractivity contribution in [3.05, 3.63) is 142 Å². The first kappa shape index (κ1) is 56.9. The van der Waals surface area contributed by atoms with Crippen molar-refractivity contribution in [2.24, 2.45) is 0 Å². The Balaban J connectivity index is 0.000000245. The van der Waals surface area contributed by atoms with Gasteiger partial charge in [0, 0.05) is 39.0 Å². The van der Waals surface area contributed by atoms with Crippen molar-refractivity contribution < 1.29 is 117 Å². The number of hydrogen-bond donors (Lipinski definition) is 4. The summed E-state index contributed by atoms with van der Waals surface area (Å²) >= 11 is 0. The standard InChI is InChI=1S/4C12H11NO4.2Rh/c4*1-2-9(12(16)17)13-10(14)7-5-3-4-6-8(7)11(13)15;;/h4*3-6,9H,2H2,1H3,(H,16,17);;/t3*9-;;;/m000.../s1. The second kappa shape index (κ2) is 24.2. The van der Waals surface area contributed by atoms with E-state index in [2.05, 4.69) is 0 Å². The third-order valence-electron chi connectivity index (χ3n) is 11.2. The van der Waals surface area contributed by atoms with Crippen LogP contribution in [0.15, 0.2) is 97.1 Å². The molecule has 0 saturated heterocycles. The topological polar surface area (TPSA) is 299 Å². The molecule has 8 amide bonds. The van der Waals surface area contributed by atoms with Crippen molar-refractivity contribution >= 4 is 71.1 Å². The molecule has 0 fully saturated rings. The molecule has 0 aromatic heterocycles. The number of rotatable bonds is 12. The minimum absolute atomic E-state index is 0. The first-order chi connectivity index (χ1) is 32.3. The molecule has 4 heterocycles. The zero-order chi connectivity index (χ0) is 50.3.